The van der Waals surface area contributed by atoms with Gasteiger partial charge in [-0.25, -0.2) is 4.98 Å². The molecule has 2 rings (SSSR count). The van der Waals surface area contributed by atoms with Crippen molar-refractivity contribution in [3.63, 3.8) is 0 Å². The molecule has 20 heavy (non-hydrogen) atoms. The van der Waals surface area contributed by atoms with E-state index in [-0.39, 0.29) is 0 Å². The van der Waals surface area contributed by atoms with Crippen LogP contribution in [0.1, 0.15) is 31.0 Å². The predicted octanol–water partition coefficient (Wildman–Crippen LogP) is 3.79. The first-order valence-electron chi connectivity index (χ1n) is 6.84. The van der Waals surface area contributed by atoms with Gasteiger partial charge in [0.25, 0.3) is 0 Å². The first kappa shape index (κ1) is 15.5. The number of nitrogens with one attached hydrogen (secondary N) is 1. The molecule has 1 heterocycles. The Labute approximate surface area is 129 Å². The highest BCUT2D eigenvalue weighted by molar-refractivity contribution is 8.00. The van der Waals surface area contributed by atoms with Gasteiger partial charge in [-0.3, -0.25) is 0 Å². The van der Waals surface area contributed by atoms with Crippen molar-refractivity contribution in [3.05, 3.63) is 41.7 Å². The summed E-state index contributed by atoms with van der Waals surface area (Å²) in [7, 11) is 2.01. The van der Waals surface area contributed by atoms with Crippen molar-refractivity contribution in [2.45, 2.75) is 30.6 Å². The Balaban J connectivity index is 1.96. The number of rotatable bonds is 7. The summed E-state index contributed by atoms with van der Waals surface area (Å²) >= 11 is 3.21. The Hall–Kier alpha value is -0.910. The Morgan fingerprint density at radius 2 is 2.00 bits per heavy atom. The minimum Gasteiger partial charge on any atom is -0.312 e. The van der Waals surface area contributed by atoms with Crippen molar-refractivity contribution in [1.82, 2.24) is 14.7 Å². The molecule has 1 aromatic carbocycles. The van der Waals surface area contributed by atoms with E-state index in [2.05, 4.69) is 52.8 Å². The molecule has 0 bridgehead atoms. The minimum absolute atomic E-state index is 0.344. The Morgan fingerprint density at radius 3 is 2.55 bits per heavy atom. The molecular formula is C15H21N3S2. The lowest BCUT2D eigenvalue weighted by atomic mass is 10.00. The molecule has 0 fully saturated rings. The number of hydrogen-bond donors (Lipinski definition) is 1. The second kappa shape index (κ2) is 7.76. The molecule has 0 radical (unpaired) electrons. The van der Waals surface area contributed by atoms with Gasteiger partial charge in [-0.15, -0.1) is 0 Å². The normalized spacial score (nSPS) is 12.8. The Kier molecular flexibility index (Phi) is 6.01. The average molecular weight is 307 g/mol. The zero-order valence-corrected chi connectivity index (χ0v) is 13.8. The van der Waals surface area contributed by atoms with Crippen molar-refractivity contribution >= 4 is 23.3 Å². The summed E-state index contributed by atoms with van der Waals surface area (Å²) in [5.74, 6) is 1.67. The second-order valence-corrected chi connectivity index (χ2v) is 7.25. The standard InChI is InChI=1S/C15H21N3S2/c1-11(2)8-12-4-6-13(7-5-12)14(16-3)9-19-15-17-10-18-20-15/h4-7,10-11,14,16H,8-9H2,1-3H3. The van der Waals surface area contributed by atoms with Crippen LogP contribution in [0.25, 0.3) is 0 Å². The highest BCUT2D eigenvalue weighted by Crippen LogP contribution is 2.25. The molecule has 1 atom stereocenters. The van der Waals surface area contributed by atoms with Crippen molar-refractivity contribution in [3.8, 4) is 0 Å². The van der Waals surface area contributed by atoms with E-state index in [4.69, 9.17) is 0 Å². The SMILES string of the molecule is CNC(CSc1ncns1)c1ccc(CC(C)C)cc1. The lowest BCUT2D eigenvalue weighted by molar-refractivity contribution is 0.643. The zero-order valence-electron chi connectivity index (χ0n) is 12.2. The number of hydrogen-bond acceptors (Lipinski definition) is 5. The van der Waals surface area contributed by atoms with Gasteiger partial charge in [-0.2, -0.15) is 4.37 Å². The van der Waals surface area contributed by atoms with Crippen LogP contribution in [0.15, 0.2) is 34.9 Å². The van der Waals surface area contributed by atoms with Crippen LogP contribution in [0, 0.1) is 5.92 Å². The van der Waals surface area contributed by atoms with Crippen LogP contribution in [0.5, 0.6) is 0 Å². The molecule has 0 aliphatic carbocycles. The number of nitrogens with zero attached hydrogens (tertiary/aromatic N) is 2. The summed E-state index contributed by atoms with van der Waals surface area (Å²) in [5.41, 5.74) is 2.74. The molecule has 1 N–H and O–H groups in total. The van der Waals surface area contributed by atoms with Crippen molar-refractivity contribution in [2.24, 2.45) is 5.92 Å². The summed E-state index contributed by atoms with van der Waals surface area (Å²) in [4.78, 5) is 4.21. The van der Waals surface area contributed by atoms with Crippen LogP contribution in [-0.4, -0.2) is 22.2 Å². The molecule has 5 heteroatoms. The van der Waals surface area contributed by atoms with E-state index < -0.39 is 0 Å². The first-order valence-corrected chi connectivity index (χ1v) is 8.60. The smallest absolute Gasteiger partial charge is 0.169 e. The summed E-state index contributed by atoms with van der Waals surface area (Å²) in [5, 5.41) is 3.38. The lowest BCUT2D eigenvalue weighted by Gasteiger charge is -2.16. The van der Waals surface area contributed by atoms with Gasteiger partial charge in [0.05, 0.1) is 0 Å². The van der Waals surface area contributed by atoms with Crippen molar-refractivity contribution in [1.29, 1.82) is 0 Å². The fourth-order valence-corrected chi connectivity index (χ4v) is 3.70. The van der Waals surface area contributed by atoms with Gasteiger partial charge in [-0.05, 0) is 42.0 Å². The van der Waals surface area contributed by atoms with Crippen LogP contribution in [0.4, 0.5) is 0 Å². The van der Waals surface area contributed by atoms with E-state index in [1.807, 2.05) is 7.05 Å². The molecule has 2 aromatic rings. The third-order valence-electron chi connectivity index (χ3n) is 3.09. The summed E-state index contributed by atoms with van der Waals surface area (Å²) in [6.07, 6.45) is 2.76. The quantitative estimate of drug-likeness (QED) is 0.790. The first-order chi connectivity index (χ1) is 9.69. The third-order valence-corrected chi connectivity index (χ3v) is 4.98. The third kappa shape index (κ3) is 4.58. The molecule has 0 saturated carbocycles. The largest absolute Gasteiger partial charge is 0.312 e. The van der Waals surface area contributed by atoms with Crippen LogP contribution in [-0.2, 0) is 6.42 Å². The van der Waals surface area contributed by atoms with Crippen molar-refractivity contribution < 1.29 is 0 Å². The molecule has 0 aliphatic rings. The van der Waals surface area contributed by atoms with Gasteiger partial charge >= 0.3 is 0 Å². The molecule has 0 spiro atoms. The molecule has 3 nitrogen and oxygen atoms in total. The Morgan fingerprint density at radius 1 is 1.25 bits per heavy atom. The molecule has 0 aliphatic heterocycles. The molecule has 1 unspecified atom stereocenters. The highest BCUT2D eigenvalue weighted by atomic mass is 32.2. The van der Waals surface area contributed by atoms with Gasteiger partial charge in [0.15, 0.2) is 4.34 Å². The van der Waals surface area contributed by atoms with E-state index in [1.54, 1.807) is 18.1 Å². The topological polar surface area (TPSA) is 37.8 Å². The summed E-state index contributed by atoms with van der Waals surface area (Å²) in [6.45, 7) is 4.51. The van der Waals surface area contributed by atoms with E-state index in [9.17, 15) is 0 Å². The highest BCUT2D eigenvalue weighted by Gasteiger charge is 2.11. The van der Waals surface area contributed by atoms with E-state index in [1.165, 1.54) is 22.7 Å². The van der Waals surface area contributed by atoms with Gasteiger partial charge in [0, 0.05) is 11.8 Å². The maximum atomic E-state index is 4.21. The monoisotopic (exact) mass is 307 g/mol. The summed E-state index contributed by atoms with van der Waals surface area (Å²) < 4.78 is 5.06. The molecular weight excluding hydrogens is 286 g/mol. The van der Waals surface area contributed by atoms with Crippen molar-refractivity contribution in [2.75, 3.05) is 12.8 Å². The molecule has 0 amide bonds. The van der Waals surface area contributed by atoms with Crippen LogP contribution < -0.4 is 5.32 Å². The maximum Gasteiger partial charge on any atom is 0.169 e. The Bertz CT molecular complexity index is 494. The van der Waals surface area contributed by atoms with Gasteiger partial charge < -0.3 is 5.32 Å². The second-order valence-electron chi connectivity index (χ2n) is 5.20. The fourth-order valence-electron chi connectivity index (χ4n) is 2.08. The van der Waals surface area contributed by atoms with Gasteiger partial charge in [0.1, 0.15) is 6.33 Å². The lowest BCUT2D eigenvalue weighted by Crippen LogP contribution is -2.18. The predicted molar refractivity (Wildman–Crippen MR) is 87.4 cm³/mol. The molecule has 0 saturated heterocycles. The van der Waals surface area contributed by atoms with Gasteiger partial charge in [-0.1, -0.05) is 49.9 Å². The van der Waals surface area contributed by atoms with Crippen LogP contribution >= 0.6 is 23.3 Å². The number of thioether (sulfide) groups is 1. The van der Waals surface area contributed by atoms with E-state index in [0.29, 0.717) is 12.0 Å². The molecule has 1 aromatic heterocycles. The molecule has 108 valence electrons. The number of aromatic nitrogens is 2. The van der Waals surface area contributed by atoms with Gasteiger partial charge in [0.2, 0.25) is 0 Å². The summed E-state index contributed by atoms with van der Waals surface area (Å²) in [6, 6.07) is 9.31. The maximum absolute atomic E-state index is 4.21. The van der Waals surface area contributed by atoms with E-state index >= 15 is 0 Å². The van der Waals surface area contributed by atoms with Crippen LogP contribution in [0.3, 0.4) is 0 Å². The fraction of sp³-hybridized carbons (Fsp3) is 0.467. The minimum atomic E-state index is 0.344. The van der Waals surface area contributed by atoms with E-state index in [0.717, 1.165) is 16.5 Å². The zero-order chi connectivity index (χ0) is 14.4. The number of benzene rings is 1. The average Bonchev–Trinajstić information content (AvgIpc) is 2.94. The van der Waals surface area contributed by atoms with Crippen LogP contribution in [0.2, 0.25) is 0 Å².